The lowest BCUT2D eigenvalue weighted by molar-refractivity contribution is -0.100. The van der Waals surface area contributed by atoms with Crippen molar-refractivity contribution in [1.29, 1.82) is 0 Å². The summed E-state index contributed by atoms with van der Waals surface area (Å²) in [6, 6.07) is 0.655. The van der Waals surface area contributed by atoms with E-state index in [4.69, 9.17) is 0 Å². The molecule has 1 saturated carbocycles. The van der Waals surface area contributed by atoms with E-state index in [1.165, 1.54) is 12.8 Å². The maximum atomic E-state index is 13.5. The highest BCUT2D eigenvalue weighted by Crippen LogP contribution is 2.35. The van der Waals surface area contributed by atoms with Crippen LogP contribution in [0.15, 0.2) is 5.38 Å². The third kappa shape index (κ3) is 2.96. The van der Waals surface area contributed by atoms with Crippen LogP contribution in [0.4, 0.5) is 13.9 Å². The third-order valence-electron chi connectivity index (χ3n) is 4.34. The summed E-state index contributed by atoms with van der Waals surface area (Å²) in [6.45, 7) is 3.25. The molecule has 1 atom stereocenters. The molecule has 3 nitrogen and oxygen atoms in total. The highest BCUT2D eigenvalue weighted by molar-refractivity contribution is 7.13. The van der Waals surface area contributed by atoms with Gasteiger partial charge in [0.2, 0.25) is 0 Å². The van der Waals surface area contributed by atoms with Crippen molar-refractivity contribution in [3.63, 3.8) is 0 Å². The molecule has 0 bridgehead atoms. The van der Waals surface area contributed by atoms with E-state index in [0.717, 1.165) is 10.8 Å². The second-order valence-corrected chi connectivity index (χ2v) is 6.95. The van der Waals surface area contributed by atoms with Gasteiger partial charge in [0.05, 0.1) is 5.69 Å². The highest BCUT2D eigenvalue weighted by Gasteiger charge is 2.41. The number of anilines is 1. The monoisotopic (exact) mass is 301 g/mol. The predicted molar refractivity (Wildman–Crippen MR) is 77.5 cm³/mol. The molecule has 1 aromatic heterocycles. The normalized spacial score (nSPS) is 26.7. The summed E-state index contributed by atoms with van der Waals surface area (Å²) in [4.78, 5) is 8.97. The molecule has 112 valence electrons. The molecule has 1 aliphatic carbocycles. The van der Waals surface area contributed by atoms with Gasteiger partial charge in [0.1, 0.15) is 0 Å². The van der Waals surface area contributed by atoms with E-state index in [1.807, 2.05) is 0 Å². The molecule has 1 saturated heterocycles. The van der Waals surface area contributed by atoms with Crippen molar-refractivity contribution in [3.8, 4) is 0 Å². The van der Waals surface area contributed by atoms with Crippen LogP contribution in [0.25, 0.3) is 0 Å². The van der Waals surface area contributed by atoms with Crippen molar-refractivity contribution < 1.29 is 8.78 Å². The van der Waals surface area contributed by atoms with E-state index in [2.05, 4.69) is 27.2 Å². The van der Waals surface area contributed by atoms with Gasteiger partial charge in [-0.15, -0.1) is 11.3 Å². The van der Waals surface area contributed by atoms with Crippen molar-refractivity contribution in [2.75, 3.05) is 25.0 Å². The topological polar surface area (TPSA) is 19.4 Å². The number of halogens is 2. The molecule has 1 aromatic rings. The minimum atomic E-state index is -2.50. The lowest BCUT2D eigenvalue weighted by atomic mass is 9.95. The van der Waals surface area contributed by atoms with Crippen LogP contribution in [-0.2, 0) is 6.54 Å². The van der Waals surface area contributed by atoms with Crippen LogP contribution in [0.2, 0.25) is 0 Å². The number of hydrogen-bond donors (Lipinski definition) is 0. The number of likely N-dealkylation sites (tertiary alicyclic amines) is 1. The summed E-state index contributed by atoms with van der Waals surface area (Å²) < 4.78 is 26.9. The Morgan fingerprint density at radius 1 is 1.50 bits per heavy atom. The zero-order valence-corrected chi connectivity index (χ0v) is 12.8. The van der Waals surface area contributed by atoms with Gasteiger partial charge in [-0.3, -0.25) is 4.90 Å². The number of rotatable bonds is 4. The molecule has 2 aliphatic rings. The van der Waals surface area contributed by atoms with Gasteiger partial charge in [0.15, 0.2) is 5.13 Å². The minimum Gasteiger partial charge on any atom is -0.348 e. The van der Waals surface area contributed by atoms with Crippen LogP contribution in [0.1, 0.15) is 31.9 Å². The first-order valence-corrected chi connectivity index (χ1v) is 8.11. The minimum absolute atomic E-state index is 0.0346. The quantitative estimate of drug-likeness (QED) is 0.851. The fourth-order valence-corrected chi connectivity index (χ4v) is 3.54. The molecular weight excluding hydrogens is 280 g/mol. The first-order chi connectivity index (χ1) is 9.45. The van der Waals surface area contributed by atoms with Gasteiger partial charge < -0.3 is 4.90 Å². The van der Waals surface area contributed by atoms with Crippen molar-refractivity contribution in [2.24, 2.45) is 5.92 Å². The van der Waals surface area contributed by atoms with Crippen molar-refractivity contribution in [3.05, 3.63) is 11.1 Å². The van der Waals surface area contributed by atoms with Crippen LogP contribution in [0.5, 0.6) is 0 Å². The Bertz CT molecular complexity index is 473. The second kappa shape index (κ2) is 5.22. The predicted octanol–water partition coefficient (Wildman–Crippen LogP) is 3.22. The Morgan fingerprint density at radius 3 is 2.90 bits per heavy atom. The van der Waals surface area contributed by atoms with Crippen LogP contribution in [0, 0.1) is 5.92 Å². The average molecular weight is 301 g/mol. The summed E-state index contributed by atoms with van der Waals surface area (Å²) in [7, 11) is 2.09. The Kier molecular flexibility index (Phi) is 3.71. The number of piperidine rings is 1. The molecule has 20 heavy (non-hydrogen) atoms. The molecule has 0 spiro atoms. The Labute approximate surface area is 122 Å². The maximum absolute atomic E-state index is 13.5. The number of nitrogens with zero attached hydrogens (tertiary/aromatic N) is 3. The van der Waals surface area contributed by atoms with Gasteiger partial charge in [-0.2, -0.15) is 0 Å². The molecule has 2 fully saturated rings. The second-order valence-electron chi connectivity index (χ2n) is 6.11. The van der Waals surface area contributed by atoms with E-state index in [9.17, 15) is 8.78 Å². The highest BCUT2D eigenvalue weighted by atomic mass is 32.1. The zero-order chi connectivity index (χ0) is 14.3. The van der Waals surface area contributed by atoms with Crippen LogP contribution in [-0.4, -0.2) is 42.0 Å². The average Bonchev–Trinajstić information content (AvgIpc) is 3.14. The van der Waals surface area contributed by atoms with E-state index < -0.39 is 11.8 Å². The molecule has 1 unspecified atom stereocenters. The van der Waals surface area contributed by atoms with Gasteiger partial charge in [-0.05, 0) is 12.8 Å². The number of thiazole rings is 1. The van der Waals surface area contributed by atoms with Crippen molar-refractivity contribution in [2.45, 2.75) is 44.7 Å². The number of hydrogen-bond acceptors (Lipinski definition) is 4. The molecule has 0 N–H and O–H groups in total. The van der Waals surface area contributed by atoms with E-state index in [1.54, 1.807) is 18.3 Å². The van der Waals surface area contributed by atoms with E-state index >= 15 is 0 Å². The Balaban J connectivity index is 1.58. The van der Waals surface area contributed by atoms with Gasteiger partial charge in [-0.25, -0.2) is 13.8 Å². The first-order valence-electron chi connectivity index (χ1n) is 7.23. The first kappa shape index (κ1) is 14.2. The van der Waals surface area contributed by atoms with Crippen molar-refractivity contribution >= 4 is 16.5 Å². The zero-order valence-electron chi connectivity index (χ0n) is 12.0. The van der Waals surface area contributed by atoms with Gasteiger partial charge in [0, 0.05) is 50.4 Å². The lowest BCUT2D eigenvalue weighted by Gasteiger charge is -2.36. The number of aromatic nitrogens is 1. The Hall–Kier alpha value is -0.750. The van der Waals surface area contributed by atoms with Gasteiger partial charge in [-0.1, -0.05) is 6.92 Å². The van der Waals surface area contributed by atoms with Gasteiger partial charge in [0.25, 0.3) is 5.92 Å². The molecule has 0 aromatic carbocycles. The molecule has 6 heteroatoms. The van der Waals surface area contributed by atoms with Crippen LogP contribution >= 0.6 is 11.3 Å². The fraction of sp³-hybridized carbons (Fsp3) is 0.786. The summed E-state index contributed by atoms with van der Waals surface area (Å²) in [5.41, 5.74) is 1.01. The largest absolute Gasteiger partial charge is 0.348 e. The summed E-state index contributed by atoms with van der Waals surface area (Å²) in [5, 5.41) is 3.11. The standard InChI is InChI=1S/C14H21F2N3S/c1-10-7-19(6-5-14(10,15)16)8-11-9-20-13(17-11)18(2)12-3-4-12/h9-10,12H,3-8H2,1-2H3. The number of alkyl halides is 2. The van der Waals surface area contributed by atoms with Crippen LogP contribution in [0.3, 0.4) is 0 Å². The lowest BCUT2D eigenvalue weighted by Crippen LogP contribution is -2.45. The van der Waals surface area contributed by atoms with E-state index in [0.29, 0.717) is 25.7 Å². The van der Waals surface area contributed by atoms with Crippen molar-refractivity contribution in [1.82, 2.24) is 9.88 Å². The van der Waals surface area contributed by atoms with Crippen LogP contribution < -0.4 is 4.90 Å². The third-order valence-corrected chi connectivity index (χ3v) is 5.32. The summed E-state index contributed by atoms with van der Waals surface area (Å²) in [5.74, 6) is -3.07. The summed E-state index contributed by atoms with van der Waals surface area (Å²) >= 11 is 1.66. The molecule has 0 radical (unpaired) electrons. The maximum Gasteiger partial charge on any atom is 0.253 e. The Morgan fingerprint density at radius 2 is 2.25 bits per heavy atom. The van der Waals surface area contributed by atoms with Gasteiger partial charge >= 0.3 is 0 Å². The molecule has 1 aliphatic heterocycles. The molecule has 3 rings (SSSR count). The molecule has 2 heterocycles. The van der Waals surface area contributed by atoms with E-state index in [-0.39, 0.29) is 6.42 Å². The molecular formula is C14H21F2N3S. The summed E-state index contributed by atoms with van der Waals surface area (Å²) in [6.07, 6.45) is 2.47. The smallest absolute Gasteiger partial charge is 0.253 e. The SMILES string of the molecule is CC1CN(Cc2csc(N(C)C3CC3)n2)CCC1(F)F. The molecule has 0 amide bonds. The fourth-order valence-electron chi connectivity index (χ4n) is 2.69.